The summed E-state index contributed by atoms with van der Waals surface area (Å²) < 4.78 is 0. The third-order valence-electron chi connectivity index (χ3n) is 5.44. The van der Waals surface area contributed by atoms with Crippen LogP contribution in [0.2, 0.25) is 0 Å². The van der Waals surface area contributed by atoms with Gasteiger partial charge < -0.3 is 10.6 Å². The quantitative estimate of drug-likeness (QED) is 0.716. The number of carbonyl (C=O) groups excluding carboxylic acids is 3. The summed E-state index contributed by atoms with van der Waals surface area (Å²) in [6.07, 6.45) is 0.797. The number of nitrogens with zero attached hydrogens (tertiary/aromatic N) is 2. The number of aryl methyl sites for hydroxylation is 1. The van der Waals surface area contributed by atoms with E-state index in [4.69, 9.17) is 0 Å². The van der Waals surface area contributed by atoms with Gasteiger partial charge in [0.15, 0.2) is 0 Å². The zero-order chi connectivity index (χ0) is 22.6. The number of carbonyl (C=O) groups is 3. The summed E-state index contributed by atoms with van der Waals surface area (Å²) in [4.78, 5) is 42.0. The molecular formula is C24H30N4O3. The van der Waals surface area contributed by atoms with Crippen molar-refractivity contribution in [3.05, 3.63) is 54.1 Å². The minimum Gasteiger partial charge on any atom is -0.325 e. The Kier molecular flexibility index (Phi) is 6.75. The average Bonchev–Trinajstić information content (AvgIpc) is 2.70. The smallest absolute Gasteiger partial charge is 0.250 e. The third kappa shape index (κ3) is 4.94. The van der Waals surface area contributed by atoms with Crippen molar-refractivity contribution in [1.29, 1.82) is 0 Å². The van der Waals surface area contributed by atoms with Crippen molar-refractivity contribution in [2.45, 2.75) is 39.7 Å². The van der Waals surface area contributed by atoms with Crippen LogP contribution in [0.5, 0.6) is 0 Å². The largest absolute Gasteiger partial charge is 0.325 e. The molecule has 0 radical (unpaired) electrons. The van der Waals surface area contributed by atoms with Crippen molar-refractivity contribution in [2.75, 3.05) is 35.2 Å². The number of fused-ring (bicyclic) bond motifs is 1. The maximum atomic E-state index is 13.4. The lowest BCUT2D eigenvalue weighted by molar-refractivity contribution is -0.127. The maximum absolute atomic E-state index is 13.4. The highest BCUT2D eigenvalue weighted by Crippen LogP contribution is 2.36. The van der Waals surface area contributed by atoms with Crippen molar-refractivity contribution in [1.82, 2.24) is 4.90 Å². The van der Waals surface area contributed by atoms with E-state index in [1.54, 1.807) is 24.8 Å². The molecule has 3 rings (SSSR count). The molecule has 2 N–H and O–H groups in total. The summed E-state index contributed by atoms with van der Waals surface area (Å²) in [7, 11) is 0. The predicted octanol–water partition coefficient (Wildman–Crippen LogP) is 3.41. The summed E-state index contributed by atoms with van der Waals surface area (Å²) in [5.74, 6) is -0.630. The van der Waals surface area contributed by atoms with Crippen molar-refractivity contribution >= 4 is 34.8 Å². The summed E-state index contributed by atoms with van der Waals surface area (Å²) in [6, 6.07) is 14.8. The molecule has 31 heavy (non-hydrogen) atoms. The van der Waals surface area contributed by atoms with Gasteiger partial charge >= 0.3 is 0 Å². The molecular weight excluding hydrogens is 392 g/mol. The van der Waals surface area contributed by atoms with Gasteiger partial charge in [-0.2, -0.15) is 0 Å². The lowest BCUT2D eigenvalue weighted by Gasteiger charge is -2.42. The van der Waals surface area contributed by atoms with Crippen molar-refractivity contribution in [3.63, 3.8) is 0 Å². The van der Waals surface area contributed by atoms with E-state index in [0.29, 0.717) is 17.9 Å². The van der Waals surface area contributed by atoms with Crippen LogP contribution in [0.15, 0.2) is 48.5 Å². The fraction of sp³-hybridized carbons (Fsp3) is 0.375. The Hall–Kier alpha value is -3.19. The van der Waals surface area contributed by atoms with Gasteiger partial charge in [-0.15, -0.1) is 0 Å². The Morgan fingerprint density at radius 1 is 1.06 bits per heavy atom. The van der Waals surface area contributed by atoms with Gasteiger partial charge in [0.2, 0.25) is 17.7 Å². The molecule has 1 aliphatic rings. The lowest BCUT2D eigenvalue weighted by atomic mass is 9.96. The summed E-state index contributed by atoms with van der Waals surface area (Å²) in [5.41, 5.74) is 1.98. The highest BCUT2D eigenvalue weighted by molar-refractivity contribution is 6.14. The summed E-state index contributed by atoms with van der Waals surface area (Å²) in [5, 5.41) is 5.79. The molecule has 0 bridgehead atoms. The standard InChI is InChI=1S/C24H30N4O3/c1-5-14-27(15-21(29)25-18-11-7-6-10-17(18)2)16-22(30)28-20-13-9-8-12-19(20)26-23(31)24(28,3)4/h6-13H,5,14-16H2,1-4H3,(H,25,29)(H,26,31). The molecule has 7 nitrogen and oxygen atoms in total. The first-order valence-electron chi connectivity index (χ1n) is 10.6. The number of anilines is 3. The van der Waals surface area contributed by atoms with E-state index in [1.165, 1.54) is 0 Å². The minimum atomic E-state index is -1.03. The normalized spacial score (nSPS) is 14.7. The number of nitrogens with one attached hydrogen (secondary N) is 2. The van der Waals surface area contributed by atoms with Crippen LogP contribution in [0.4, 0.5) is 17.1 Å². The molecule has 164 valence electrons. The van der Waals surface area contributed by atoms with Crippen molar-refractivity contribution < 1.29 is 14.4 Å². The number of rotatable bonds is 7. The third-order valence-corrected chi connectivity index (χ3v) is 5.44. The molecule has 1 aliphatic heterocycles. The van der Waals surface area contributed by atoms with Gasteiger partial charge in [-0.25, -0.2) is 0 Å². The van der Waals surface area contributed by atoms with Gasteiger partial charge in [0, 0.05) is 5.69 Å². The highest BCUT2D eigenvalue weighted by atomic mass is 16.2. The van der Waals surface area contributed by atoms with Crippen LogP contribution in [-0.2, 0) is 14.4 Å². The molecule has 0 saturated carbocycles. The first kappa shape index (κ1) is 22.5. The average molecular weight is 423 g/mol. The number of para-hydroxylation sites is 3. The van der Waals surface area contributed by atoms with Crippen molar-refractivity contribution in [2.24, 2.45) is 0 Å². The molecule has 2 aromatic carbocycles. The number of hydrogen-bond donors (Lipinski definition) is 2. The molecule has 0 aromatic heterocycles. The Morgan fingerprint density at radius 2 is 1.74 bits per heavy atom. The molecule has 0 atom stereocenters. The molecule has 0 fully saturated rings. The molecule has 0 spiro atoms. The van der Waals surface area contributed by atoms with Gasteiger partial charge in [-0.05, 0) is 57.5 Å². The molecule has 7 heteroatoms. The minimum absolute atomic E-state index is 0.0417. The summed E-state index contributed by atoms with van der Waals surface area (Å²) in [6.45, 7) is 8.12. The molecule has 0 aliphatic carbocycles. The van der Waals surface area contributed by atoms with Crippen LogP contribution in [0.25, 0.3) is 0 Å². The zero-order valence-electron chi connectivity index (χ0n) is 18.6. The Bertz CT molecular complexity index is 986. The molecule has 3 amide bonds. The van der Waals surface area contributed by atoms with Crippen LogP contribution >= 0.6 is 0 Å². The van der Waals surface area contributed by atoms with E-state index in [1.807, 2.05) is 61.2 Å². The monoisotopic (exact) mass is 422 g/mol. The van der Waals surface area contributed by atoms with Crippen molar-refractivity contribution in [3.8, 4) is 0 Å². The van der Waals surface area contributed by atoms with Crippen LogP contribution in [-0.4, -0.2) is 47.8 Å². The molecule has 0 unspecified atom stereocenters. The van der Waals surface area contributed by atoms with Crippen LogP contribution in [0, 0.1) is 6.92 Å². The van der Waals surface area contributed by atoms with E-state index in [-0.39, 0.29) is 30.8 Å². The second-order valence-electron chi connectivity index (χ2n) is 8.33. The van der Waals surface area contributed by atoms with Crippen LogP contribution in [0.1, 0.15) is 32.8 Å². The zero-order valence-corrected chi connectivity index (χ0v) is 18.6. The summed E-state index contributed by atoms with van der Waals surface area (Å²) >= 11 is 0. The van der Waals surface area contributed by atoms with E-state index in [2.05, 4.69) is 10.6 Å². The second-order valence-corrected chi connectivity index (χ2v) is 8.33. The lowest BCUT2D eigenvalue weighted by Crippen LogP contribution is -2.60. The van der Waals surface area contributed by atoms with E-state index >= 15 is 0 Å². The topological polar surface area (TPSA) is 81.8 Å². The Morgan fingerprint density at radius 3 is 2.45 bits per heavy atom. The van der Waals surface area contributed by atoms with Gasteiger partial charge in [-0.1, -0.05) is 37.3 Å². The number of hydrogen-bond acceptors (Lipinski definition) is 4. The molecule has 2 aromatic rings. The molecule has 1 heterocycles. The highest BCUT2D eigenvalue weighted by Gasteiger charge is 2.43. The number of benzene rings is 2. The SMILES string of the molecule is CCCN(CC(=O)Nc1ccccc1C)CC(=O)N1c2ccccc2NC(=O)C1(C)C. The van der Waals surface area contributed by atoms with Gasteiger partial charge in [0.25, 0.3) is 0 Å². The van der Waals surface area contributed by atoms with Crippen LogP contribution in [0.3, 0.4) is 0 Å². The fourth-order valence-electron chi connectivity index (χ4n) is 3.80. The van der Waals surface area contributed by atoms with E-state index < -0.39 is 5.54 Å². The fourth-order valence-corrected chi connectivity index (χ4v) is 3.80. The second kappa shape index (κ2) is 9.31. The van der Waals surface area contributed by atoms with E-state index in [9.17, 15) is 14.4 Å². The first-order valence-corrected chi connectivity index (χ1v) is 10.6. The number of amides is 3. The molecule has 0 saturated heterocycles. The van der Waals surface area contributed by atoms with E-state index in [0.717, 1.165) is 17.7 Å². The first-order chi connectivity index (χ1) is 14.7. The Labute approximate surface area is 183 Å². The van der Waals surface area contributed by atoms with Gasteiger partial charge in [0.05, 0.1) is 24.5 Å². The predicted molar refractivity (Wildman–Crippen MR) is 123 cm³/mol. The maximum Gasteiger partial charge on any atom is 0.250 e. The van der Waals surface area contributed by atoms with Crippen LogP contribution < -0.4 is 15.5 Å². The van der Waals surface area contributed by atoms with Gasteiger partial charge in [-0.3, -0.25) is 24.2 Å². The Balaban J connectivity index is 1.76. The van der Waals surface area contributed by atoms with Gasteiger partial charge in [0.1, 0.15) is 5.54 Å².